The Balaban J connectivity index is 2.16. The van der Waals surface area contributed by atoms with E-state index in [0.717, 1.165) is 0 Å². The first kappa shape index (κ1) is 14.6. The van der Waals surface area contributed by atoms with Crippen molar-refractivity contribution in [2.75, 3.05) is 18.9 Å². The Bertz CT molecular complexity index is 553. The van der Waals surface area contributed by atoms with Crippen LogP contribution in [0.1, 0.15) is 13.8 Å². The highest BCUT2D eigenvalue weighted by molar-refractivity contribution is 5.81. The fraction of sp³-hybridized carbons (Fsp3) is 0.583. The normalized spacial score (nSPS) is 13.2. The molecule has 0 aliphatic rings. The second-order valence-electron chi connectivity index (χ2n) is 4.17. The molecule has 1 unspecified atom stereocenters. The zero-order valence-corrected chi connectivity index (χ0v) is 11.6. The van der Waals surface area contributed by atoms with Gasteiger partial charge in [0.25, 0.3) is 0 Å². The van der Waals surface area contributed by atoms with Gasteiger partial charge in [0.05, 0.1) is 12.9 Å². The van der Waals surface area contributed by atoms with Gasteiger partial charge in [-0.2, -0.15) is 0 Å². The maximum absolute atomic E-state index is 10.2. The fourth-order valence-electron chi connectivity index (χ4n) is 1.92. The summed E-state index contributed by atoms with van der Waals surface area (Å²) < 4.78 is 12.4. The largest absolute Gasteiger partial charge is 0.386 e. The van der Waals surface area contributed by atoms with E-state index in [-0.39, 0.29) is 6.54 Å². The van der Waals surface area contributed by atoms with Crippen LogP contribution in [0.5, 0.6) is 0 Å². The molecule has 0 aromatic carbocycles. The molecule has 0 bridgehead atoms. The van der Waals surface area contributed by atoms with Gasteiger partial charge in [0, 0.05) is 13.2 Å². The van der Waals surface area contributed by atoms with Crippen molar-refractivity contribution in [1.29, 1.82) is 0 Å². The topological polar surface area (TPSA) is 108 Å². The van der Waals surface area contributed by atoms with E-state index in [9.17, 15) is 5.11 Å². The molecule has 0 saturated heterocycles. The van der Waals surface area contributed by atoms with Crippen molar-refractivity contribution in [3.05, 3.63) is 12.7 Å². The van der Waals surface area contributed by atoms with Gasteiger partial charge in [0.15, 0.2) is 17.8 Å². The van der Waals surface area contributed by atoms with Gasteiger partial charge in [0.2, 0.25) is 0 Å². The van der Waals surface area contributed by atoms with Gasteiger partial charge in [-0.3, -0.25) is 0 Å². The van der Waals surface area contributed by atoms with Crippen LogP contribution in [0.25, 0.3) is 11.2 Å². The molecule has 2 rings (SSSR count). The summed E-state index contributed by atoms with van der Waals surface area (Å²) in [4.78, 5) is 12.1. The molecule has 3 N–H and O–H groups in total. The lowest BCUT2D eigenvalue weighted by Gasteiger charge is -2.22. The lowest BCUT2D eigenvalue weighted by molar-refractivity contribution is -0.192. The maximum atomic E-state index is 10.2. The molecule has 0 amide bonds. The molecule has 110 valence electrons. The minimum absolute atomic E-state index is 0.248. The summed E-state index contributed by atoms with van der Waals surface area (Å²) >= 11 is 0. The van der Waals surface area contributed by atoms with Gasteiger partial charge < -0.3 is 24.9 Å². The van der Waals surface area contributed by atoms with Crippen LogP contribution in [0.3, 0.4) is 0 Å². The number of rotatable bonds is 7. The second-order valence-corrected chi connectivity index (χ2v) is 4.17. The zero-order chi connectivity index (χ0) is 14.5. The summed E-state index contributed by atoms with van der Waals surface area (Å²) in [6.45, 7) is 4.86. The third kappa shape index (κ3) is 3.03. The van der Waals surface area contributed by atoms with Crippen molar-refractivity contribution in [3.63, 3.8) is 0 Å². The SMILES string of the molecule is CCOC(OCC)C(O)Cn1cnc2c(N)ncnc21. The predicted octanol–water partition coefficient (Wildman–Crippen LogP) is 0.168. The number of fused-ring (bicyclic) bond motifs is 1. The van der Waals surface area contributed by atoms with E-state index in [1.807, 2.05) is 13.8 Å². The zero-order valence-electron chi connectivity index (χ0n) is 11.6. The second kappa shape index (κ2) is 6.60. The highest BCUT2D eigenvalue weighted by Crippen LogP contribution is 2.15. The van der Waals surface area contributed by atoms with Gasteiger partial charge in [-0.1, -0.05) is 0 Å². The molecule has 0 aliphatic carbocycles. The van der Waals surface area contributed by atoms with E-state index in [1.54, 1.807) is 10.9 Å². The van der Waals surface area contributed by atoms with Gasteiger partial charge in [-0.25, -0.2) is 15.0 Å². The number of hydrogen-bond acceptors (Lipinski definition) is 7. The maximum Gasteiger partial charge on any atom is 0.185 e. The Morgan fingerprint density at radius 1 is 1.25 bits per heavy atom. The summed E-state index contributed by atoms with van der Waals surface area (Å²) in [5.41, 5.74) is 6.81. The number of aromatic nitrogens is 4. The van der Waals surface area contributed by atoms with E-state index >= 15 is 0 Å². The number of aliphatic hydroxyl groups excluding tert-OH is 1. The predicted molar refractivity (Wildman–Crippen MR) is 72.8 cm³/mol. The molecule has 8 nitrogen and oxygen atoms in total. The molecular formula is C12H19N5O3. The molecule has 1 atom stereocenters. The summed E-state index contributed by atoms with van der Waals surface area (Å²) in [6.07, 6.45) is 1.42. The summed E-state index contributed by atoms with van der Waals surface area (Å²) in [5.74, 6) is 0.314. The van der Waals surface area contributed by atoms with Gasteiger partial charge in [0.1, 0.15) is 17.9 Å². The Kier molecular flexibility index (Phi) is 4.83. The molecule has 2 aromatic rings. The van der Waals surface area contributed by atoms with Crippen LogP contribution in [-0.4, -0.2) is 50.2 Å². The summed E-state index contributed by atoms with van der Waals surface area (Å²) in [6, 6.07) is 0. The number of aliphatic hydroxyl groups is 1. The minimum Gasteiger partial charge on any atom is -0.386 e. The van der Waals surface area contributed by atoms with Crippen LogP contribution >= 0.6 is 0 Å². The van der Waals surface area contributed by atoms with Crippen LogP contribution < -0.4 is 5.73 Å². The van der Waals surface area contributed by atoms with Gasteiger partial charge in [-0.05, 0) is 13.8 Å². The Hall–Kier alpha value is -1.77. The van der Waals surface area contributed by atoms with Crippen LogP contribution in [0, 0.1) is 0 Å². The van der Waals surface area contributed by atoms with Crippen molar-refractivity contribution in [2.45, 2.75) is 32.8 Å². The third-order valence-corrected chi connectivity index (χ3v) is 2.79. The number of ether oxygens (including phenoxy) is 2. The number of nitrogens with two attached hydrogens (primary N) is 1. The van der Waals surface area contributed by atoms with Crippen LogP contribution in [-0.2, 0) is 16.0 Å². The molecule has 2 heterocycles. The van der Waals surface area contributed by atoms with Crippen molar-refractivity contribution < 1.29 is 14.6 Å². The number of imidazole rings is 1. The van der Waals surface area contributed by atoms with E-state index < -0.39 is 12.4 Å². The van der Waals surface area contributed by atoms with Crippen LogP contribution in [0.4, 0.5) is 5.82 Å². The van der Waals surface area contributed by atoms with E-state index in [2.05, 4.69) is 15.0 Å². The smallest absolute Gasteiger partial charge is 0.185 e. The number of nitrogen functional groups attached to an aromatic ring is 1. The molecule has 2 aromatic heterocycles. The average molecular weight is 281 g/mol. The summed E-state index contributed by atoms with van der Waals surface area (Å²) in [7, 11) is 0. The van der Waals surface area contributed by atoms with Crippen molar-refractivity contribution in [1.82, 2.24) is 19.5 Å². The Morgan fingerprint density at radius 3 is 2.60 bits per heavy atom. The highest BCUT2D eigenvalue weighted by atomic mass is 16.7. The number of anilines is 1. The van der Waals surface area contributed by atoms with Crippen molar-refractivity contribution in [3.8, 4) is 0 Å². The van der Waals surface area contributed by atoms with E-state index in [0.29, 0.717) is 30.2 Å². The first-order valence-corrected chi connectivity index (χ1v) is 6.49. The monoisotopic (exact) mass is 281 g/mol. The average Bonchev–Trinajstić information content (AvgIpc) is 2.83. The Labute approximate surface area is 116 Å². The highest BCUT2D eigenvalue weighted by Gasteiger charge is 2.21. The molecule has 0 radical (unpaired) electrons. The van der Waals surface area contributed by atoms with E-state index in [1.165, 1.54) is 6.33 Å². The van der Waals surface area contributed by atoms with Crippen molar-refractivity contribution in [2.24, 2.45) is 0 Å². The van der Waals surface area contributed by atoms with Gasteiger partial charge in [-0.15, -0.1) is 0 Å². The third-order valence-electron chi connectivity index (χ3n) is 2.79. The lowest BCUT2D eigenvalue weighted by atomic mass is 10.3. The molecule has 0 aliphatic heterocycles. The first-order valence-electron chi connectivity index (χ1n) is 6.49. The first-order chi connectivity index (χ1) is 9.67. The van der Waals surface area contributed by atoms with Crippen LogP contribution in [0.2, 0.25) is 0 Å². The lowest BCUT2D eigenvalue weighted by Crippen LogP contribution is -2.35. The Morgan fingerprint density at radius 2 is 1.95 bits per heavy atom. The van der Waals surface area contributed by atoms with Gasteiger partial charge >= 0.3 is 0 Å². The van der Waals surface area contributed by atoms with E-state index in [4.69, 9.17) is 15.2 Å². The minimum atomic E-state index is -0.830. The molecule has 0 spiro atoms. The number of nitrogens with zero attached hydrogens (tertiary/aromatic N) is 4. The van der Waals surface area contributed by atoms with Crippen molar-refractivity contribution >= 4 is 17.0 Å². The summed E-state index contributed by atoms with van der Waals surface area (Å²) in [5, 5.41) is 10.2. The molecular weight excluding hydrogens is 262 g/mol. The molecule has 0 saturated carbocycles. The molecule has 0 fully saturated rings. The van der Waals surface area contributed by atoms with Crippen LogP contribution in [0.15, 0.2) is 12.7 Å². The molecule has 8 heteroatoms. The quantitative estimate of drug-likeness (QED) is 0.696. The fourth-order valence-corrected chi connectivity index (χ4v) is 1.92. The standard InChI is InChI=1S/C12H19N5O3/c1-3-19-12(20-4-2)8(18)5-17-7-16-9-10(13)14-6-15-11(9)17/h6-8,12,18H,3-5H2,1-2H3,(H2,13,14,15). The molecule has 20 heavy (non-hydrogen) atoms. The number of hydrogen-bond donors (Lipinski definition) is 2.